The second-order valence-electron chi connectivity index (χ2n) is 8.31. The highest BCUT2D eigenvalue weighted by Gasteiger charge is 2.21. The molecule has 35 heavy (non-hydrogen) atoms. The molecule has 0 unspecified atom stereocenters. The third kappa shape index (κ3) is 7.25. The number of esters is 1. The Bertz CT molecular complexity index is 1050. The number of methoxy groups -OCH3 is 1. The minimum Gasteiger partial charge on any atom is -0.493 e. The van der Waals surface area contributed by atoms with Gasteiger partial charge in [0.1, 0.15) is 5.75 Å². The molecule has 0 amide bonds. The summed E-state index contributed by atoms with van der Waals surface area (Å²) in [5.41, 5.74) is 3.58. The van der Waals surface area contributed by atoms with Crippen LogP contribution >= 0.6 is 0 Å². The minimum atomic E-state index is -0.696. The number of carbonyl (C=O) groups excluding carboxylic acids is 1. The molecule has 2 atom stereocenters. The predicted molar refractivity (Wildman–Crippen MR) is 135 cm³/mol. The van der Waals surface area contributed by atoms with E-state index < -0.39 is 6.04 Å². The van der Waals surface area contributed by atoms with Gasteiger partial charge in [0.2, 0.25) is 0 Å². The summed E-state index contributed by atoms with van der Waals surface area (Å²) in [5, 5.41) is 0. The second kappa shape index (κ2) is 12.8. The van der Waals surface area contributed by atoms with Gasteiger partial charge >= 0.3 is 5.97 Å². The molecule has 1 heterocycles. The van der Waals surface area contributed by atoms with Gasteiger partial charge in [-0.2, -0.15) is 0 Å². The SMILES string of the molecule is COC(=O)[C@H](Cc1cccc(OCC[C@H]2COCCO2)c1)N=C(c1ccccc1)c1ccccc1. The lowest BCUT2D eigenvalue weighted by Gasteiger charge is -2.22. The largest absolute Gasteiger partial charge is 0.493 e. The lowest BCUT2D eigenvalue weighted by molar-refractivity contribution is -0.142. The van der Waals surface area contributed by atoms with Crippen LogP contribution in [0.4, 0.5) is 0 Å². The number of rotatable bonds is 10. The number of benzene rings is 3. The van der Waals surface area contributed by atoms with Gasteiger partial charge in [-0.1, -0.05) is 72.8 Å². The lowest BCUT2D eigenvalue weighted by Crippen LogP contribution is -2.29. The highest BCUT2D eigenvalue weighted by atomic mass is 16.6. The van der Waals surface area contributed by atoms with Crippen LogP contribution in [0.15, 0.2) is 89.9 Å². The number of hydrogen-bond donors (Lipinski definition) is 0. The summed E-state index contributed by atoms with van der Waals surface area (Å²) >= 11 is 0. The van der Waals surface area contributed by atoms with Gasteiger partial charge in [-0.05, 0) is 17.7 Å². The van der Waals surface area contributed by atoms with Gasteiger partial charge in [0.05, 0.1) is 45.4 Å². The number of carbonyl (C=O) groups is 1. The third-order valence-electron chi connectivity index (χ3n) is 5.77. The topological polar surface area (TPSA) is 66.4 Å². The molecule has 1 saturated heterocycles. The fourth-order valence-corrected chi connectivity index (χ4v) is 3.98. The molecule has 1 aliphatic heterocycles. The molecule has 0 aromatic heterocycles. The van der Waals surface area contributed by atoms with Gasteiger partial charge in [0, 0.05) is 24.0 Å². The molecule has 1 aliphatic rings. The quantitative estimate of drug-likeness (QED) is 0.321. The molecule has 0 bridgehead atoms. The van der Waals surface area contributed by atoms with Crippen LogP contribution < -0.4 is 4.74 Å². The van der Waals surface area contributed by atoms with Crippen LogP contribution in [0.5, 0.6) is 5.75 Å². The molecule has 0 radical (unpaired) electrons. The Hall–Kier alpha value is -3.48. The van der Waals surface area contributed by atoms with Gasteiger partial charge in [0.15, 0.2) is 6.04 Å². The molecule has 3 aromatic rings. The second-order valence-corrected chi connectivity index (χ2v) is 8.31. The first kappa shape index (κ1) is 24.6. The van der Waals surface area contributed by atoms with Crippen molar-refractivity contribution in [3.63, 3.8) is 0 Å². The van der Waals surface area contributed by atoms with E-state index in [1.165, 1.54) is 7.11 Å². The van der Waals surface area contributed by atoms with E-state index in [0.717, 1.165) is 34.6 Å². The van der Waals surface area contributed by atoms with Crippen LogP contribution in [0.3, 0.4) is 0 Å². The molecule has 182 valence electrons. The predicted octanol–water partition coefficient (Wildman–Crippen LogP) is 4.49. The summed E-state index contributed by atoms with van der Waals surface area (Å²) in [4.78, 5) is 17.7. The zero-order chi connectivity index (χ0) is 24.3. The summed E-state index contributed by atoms with van der Waals surface area (Å²) in [7, 11) is 1.39. The van der Waals surface area contributed by atoms with Crippen LogP contribution in [-0.2, 0) is 25.4 Å². The van der Waals surface area contributed by atoms with Crippen molar-refractivity contribution in [2.75, 3.05) is 33.5 Å². The van der Waals surface area contributed by atoms with E-state index >= 15 is 0 Å². The van der Waals surface area contributed by atoms with Crippen LogP contribution in [-0.4, -0.2) is 57.4 Å². The number of hydrogen-bond acceptors (Lipinski definition) is 6. The maximum Gasteiger partial charge on any atom is 0.330 e. The molecule has 3 aromatic carbocycles. The van der Waals surface area contributed by atoms with E-state index in [4.69, 9.17) is 23.9 Å². The molecule has 0 aliphatic carbocycles. The molecule has 6 nitrogen and oxygen atoms in total. The summed E-state index contributed by atoms with van der Waals surface area (Å²) in [6.45, 7) is 2.42. The summed E-state index contributed by atoms with van der Waals surface area (Å²) < 4.78 is 22.2. The Morgan fingerprint density at radius 2 is 1.69 bits per heavy atom. The van der Waals surface area contributed by atoms with Crippen molar-refractivity contribution < 1.29 is 23.7 Å². The fraction of sp³-hybridized carbons (Fsp3) is 0.310. The van der Waals surface area contributed by atoms with Gasteiger partial charge in [0.25, 0.3) is 0 Å². The van der Waals surface area contributed by atoms with E-state index in [-0.39, 0.29) is 12.1 Å². The van der Waals surface area contributed by atoms with Gasteiger partial charge in [-0.25, -0.2) is 4.79 Å². The van der Waals surface area contributed by atoms with E-state index in [0.29, 0.717) is 32.8 Å². The number of nitrogens with zero attached hydrogens (tertiary/aromatic N) is 1. The van der Waals surface area contributed by atoms with Crippen LogP contribution in [0, 0.1) is 0 Å². The van der Waals surface area contributed by atoms with Crippen LogP contribution in [0.2, 0.25) is 0 Å². The molecule has 1 fully saturated rings. The molecule has 4 rings (SSSR count). The molecule has 0 spiro atoms. The van der Waals surface area contributed by atoms with Crippen LogP contribution in [0.1, 0.15) is 23.1 Å². The summed E-state index contributed by atoms with van der Waals surface area (Å²) in [6.07, 6.45) is 1.23. The van der Waals surface area contributed by atoms with E-state index in [1.54, 1.807) is 0 Å². The Kier molecular flexibility index (Phi) is 9.04. The first-order chi connectivity index (χ1) is 17.2. The summed E-state index contributed by atoms with van der Waals surface area (Å²) in [5.74, 6) is 0.369. The van der Waals surface area contributed by atoms with E-state index in [2.05, 4.69) is 0 Å². The Morgan fingerprint density at radius 1 is 0.971 bits per heavy atom. The maximum atomic E-state index is 12.8. The van der Waals surface area contributed by atoms with E-state index in [1.807, 2.05) is 84.9 Å². The van der Waals surface area contributed by atoms with Crippen molar-refractivity contribution in [1.29, 1.82) is 0 Å². The average Bonchev–Trinajstić information content (AvgIpc) is 2.92. The van der Waals surface area contributed by atoms with Crippen molar-refractivity contribution in [2.24, 2.45) is 4.99 Å². The first-order valence-electron chi connectivity index (χ1n) is 11.9. The lowest BCUT2D eigenvalue weighted by atomic mass is 10.0. The van der Waals surface area contributed by atoms with Crippen molar-refractivity contribution in [3.05, 3.63) is 102 Å². The van der Waals surface area contributed by atoms with Crippen molar-refractivity contribution in [1.82, 2.24) is 0 Å². The highest BCUT2D eigenvalue weighted by molar-refractivity contribution is 6.13. The van der Waals surface area contributed by atoms with Gasteiger partial charge in [-0.3, -0.25) is 4.99 Å². The standard InChI is InChI=1S/C29H31NO5/c1-32-29(31)27(30-28(23-10-4-2-5-11-23)24-12-6-3-7-13-24)20-22-9-8-14-25(19-22)34-16-15-26-21-33-17-18-35-26/h2-14,19,26-27H,15-18,20-21H2,1H3/t26-,27-/m0/s1. The molecule has 0 saturated carbocycles. The molecule has 0 N–H and O–H groups in total. The fourth-order valence-electron chi connectivity index (χ4n) is 3.98. The Labute approximate surface area is 206 Å². The Balaban J connectivity index is 1.52. The normalized spacial score (nSPS) is 16.2. The molecular weight excluding hydrogens is 442 g/mol. The van der Waals surface area contributed by atoms with E-state index in [9.17, 15) is 4.79 Å². The van der Waals surface area contributed by atoms with Gasteiger partial charge in [-0.15, -0.1) is 0 Å². The molecule has 6 heteroatoms. The Morgan fingerprint density at radius 3 is 2.31 bits per heavy atom. The zero-order valence-electron chi connectivity index (χ0n) is 20.0. The van der Waals surface area contributed by atoms with Crippen molar-refractivity contribution in [2.45, 2.75) is 25.0 Å². The smallest absolute Gasteiger partial charge is 0.330 e. The van der Waals surface area contributed by atoms with Gasteiger partial charge < -0.3 is 18.9 Å². The average molecular weight is 474 g/mol. The maximum absolute atomic E-state index is 12.8. The highest BCUT2D eigenvalue weighted by Crippen LogP contribution is 2.19. The minimum absolute atomic E-state index is 0.0689. The number of ether oxygens (including phenoxy) is 4. The van der Waals surface area contributed by atoms with Crippen molar-refractivity contribution >= 4 is 11.7 Å². The monoisotopic (exact) mass is 473 g/mol. The van der Waals surface area contributed by atoms with Crippen LogP contribution in [0.25, 0.3) is 0 Å². The molecular formula is C29H31NO5. The first-order valence-corrected chi connectivity index (χ1v) is 11.9. The zero-order valence-corrected chi connectivity index (χ0v) is 20.0. The summed E-state index contributed by atoms with van der Waals surface area (Å²) in [6, 6.07) is 26.8. The number of aliphatic imine (C=N–C) groups is 1. The third-order valence-corrected chi connectivity index (χ3v) is 5.77. The van der Waals surface area contributed by atoms with Crippen molar-refractivity contribution in [3.8, 4) is 5.75 Å².